The molecule has 1 unspecified atom stereocenters. The Morgan fingerprint density at radius 3 is 2.81 bits per heavy atom. The molecule has 1 aliphatic rings. The molecule has 27 heavy (non-hydrogen) atoms. The fourth-order valence-electron chi connectivity index (χ4n) is 2.79. The predicted molar refractivity (Wildman–Crippen MR) is 106 cm³/mol. The molecule has 6 heteroatoms. The average molecular weight is 390 g/mol. The summed E-state index contributed by atoms with van der Waals surface area (Å²) in [4.78, 5) is 12.2. The highest BCUT2D eigenvalue weighted by atomic mass is 35.5. The van der Waals surface area contributed by atoms with Crippen molar-refractivity contribution in [3.8, 4) is 11.5 Å². The quantitative estimate of drug-likeness (QED) is 0.648. The highest BCUT2D eigenvalue weighted by Gasteiger charge is 2.16. The van der Waals surface area contributed by atoms with Crippen LogP contribution in [0.15, 0.2) is 42.5 Å². The van der Waals surface area contributed by atoms with Crippen molar-refractivity contribution >= 4 is 23.2 Å². The first-order valence-corrected chi connectivity index (χ1v) is 9.51. The van der Waals surface area contributed by atoms with Crippen LogP contribution in [0.1, 0.15) is 24.8 Å². The third kappa shape index (κ3) is 6.24. The number of rotatable bonds is 8. The second kappa shape index (κ2) is 9.74. The SMILES string of the molecule is Cc1ccc(Oc2ccc(Cl)cc2NC(=O)CCOCC2CCCO2)cc1. The molecular weight excluding hydrogens is 366 g/mol. The molecule has 1 heterocycles. The Bertz CT molecular complexity index is 757. The van der Waals surface area contributed by atoms with E-state index in [0.717, 1.165) is 25.0 Å². The number of benzene rings is 2. The standard InChI is InChI=1S/C21H24ClNO4/c1-15-4-7-17(8-5-15)27-20-9-6-16(22)13-19(20)23-21(24)10-12-25-14-18-3-2-11-26-18/h4-9,13,18H,2-3,10-12,14H2,1H3,(H,23,24). The maximum atomic E-state index is 12.2. The minimum Gasteiger partial charge on any atom is -0.455 e. The van der Waals surface area contributed by atoms with Gasteiger partial charge in [-0.25, -0.2) is 0 Å². The summed E-state index contributed by atoms with van der Waals surface area (Å²) < 4.78 is 16.9. The largest absolute Gasteiger partial charge is 0.455 e. The van der Waals surface area contributed by atoms with Crippen LogP contribution in [-0.4, -0.2) is 31.8 Å². The third-order valence-corrected chi connectivity index (χ3v) is 4.50. The zero-order chi connectivity index (χ0) is 19.1. The highest BCUT2D eigenvalue weighted by molar-refractivity contribution is 6.31. The lowest BCUT2D eigenvalue weighted by molar-refractivity contribution is -0.117. The Kier molecular flexibility index (Phi) is 7.10. The van der Waals surface area contributed by atoms with E-state index in [1.54, 1.807) is 18.2 Å². The number of hydrogen-bond acceptors (Lipinski definition) is 4. The molecule has 0 radical (unpaired) electrons. The van der Waals surface area contributed by atoms with Crippen LogP contribution in [0.3, 0.4) is 0 Å². The van der Waals surface area contributed by atoms with Gasteiger partial charge in [0.15, 0.2) is 5.75 Å². The van der Waals surface area contributed by atoms with Gasteiger partial charge in [0.1, 0.15) is 5.75 Å². The van der Waals surface area contributed by atoms with E-state index in [0.29, 0.717) is 35.4 Å². The van der Waals surface area contributed by atoms with E-state index in [1.807, 2.05) is 31.2 Å². The average Bonchev–Trinajstić information content (AvgIpc) is 3.16. The number of carbonyl (C=O) groups excluding carboxylic acids is 1. The normalized spacial score (nSPS) is 16.3. The number of nitrogens with one attached hydrogen (secondary N) is 1. The molecule has 1 atom stereocenters. The molecule has 2 aromatic carbocycles. The van der Waals surface area contributed by atoms with Gasteiger partial charge in [-0.1, -0.05) is 29.3 Å². The van der Waals surface area contributed by atoms with Gasteiger partial charge in [0.2, 0.25) is 5.91 Å². The molecule has 1 saturated heterocycles. The monoisotopic (exact) mass is 389 g/mol. The number of hydrogen-bond donors (Lipinski definition) is 1. The molecule has 0 aliphatic carbocycles. The number of halogens is 1. The molecular formula is C21H24ClNO4. The van der Waals surface area contributed by atoms with Crippen molar-refractivity contribution in [3.63, 3.8) is 0 Å². The van der Waals surface area contributed by atoms with E-state index in [4.69, 9.17) is 25.8 Å². The summed E-state index contributed by atoms with van der Waals surface area (Å²) >= 11 is 6.08. The van der Waals surface area contributed by atoms with Crippen molar-refractivity contribution in [1.82, 2.24) is 0 Å². The fourth-order valence-corrected chi connectivity index (χ4v) is 2.96. The van der Waals surface area contributed by atoms with Crippen molar-refractivity contribution in [2.24, 2.45) is 0 Å². The van der Waals surface area contributed by atoms with Gasteiger partial charge >= 0.3 is 0 Å². The summed E-state index contributed by atoms with van der Waals surface area (Å²) in [6.45, 7) is 3.69. The summed E-state index contributed by atoms with van der Waals surface area (Å²) in [6.07, 6.45) is 2.51. The number of anilines is 1. The van der Waals surface area contributed by atoms with Gasteiger partial charge in [-0.3, -0.25) is 4.79 Å². The zero-order valence-electron chi connectivity index (χ0n) is 15.4. The Morgan fingerprint density at radius 1 is 1.26 bits per heavy atom. The van der Waals surface area contributed by atoms with E-state index < -0.39 is 0 Å². The van der Waals surface area contributed by atoms with Gasteiger partial charge in [0.05, 0.1) is 31.4 Å². The van der Waals surface area contributed by atoms with E-state index in [1.165, 1.54) is 0 Å². The minimum absolute atomic E-state index is 0.154. The van der Waals surface area contributed by atoms with E-state index in [-0.39, 0.29) is 18.4 Å². The first-order valence-electron chi connectivity index (χ1n) is 9.13. The lowest BCUT2D eigenvalue weighted by atomic mass is 10.2. The molecule has 0 spiro atoms. The fraction of sp³-hybridized carbons (Fsp3) is 0.381. The number of amides is 1. The molecule has 3 rings (SSSR count). The Morgan fingerprint density at radius 2 is 2.07 bits per heavy atom. The predicted octanol–water partition coefficient (Wildman–Crippen LogP) is 4.96. The third-order valence-electron chi connectivity index (χ3n) is 4.27. The number of ether oxygens (including phenoxy) is 3. The van der Waals surface area contributed by atoms with Crippen LogP contribution in [0.25, 0.3) is 0 Å². The molecule has 1 aliphatic heterocycles. The van der Waals surface area contributed by atoms with Crippen LogP contribution in [0, 0.1) is 6.92 Å². The van der Waals surface area contributed by atoms with Gasteiger partial charge in [0.25, 0.3) is 0 Å². The van der Waals surface area contributed by atoms with Crippen LogP contribution in [0.4, 0.5) is 5.69 Å². The maximum Gasteiger partial charge on any atom is 0.226 e. The van der Waals surface area contributed by atoms with Crippen LogP contribution in [0.5, 0.6) is 11.5 Å². The molecule has 144 valence electrons. The van der Waals surface area contributed by atoms with Crippen molar-refractivity contribution in [2.45, 2.75) is 32.3 Å². The maximum absolute atomic E-state index is 12.2. The van der Waals surface area contributed by atoms with Gasteiger partial charge in [0, 0.05) is 11.6 Å². The van der Waals surface area contributed by atoms with Crippen molar-refractivity contribution in [3.05, 3.63) is 53.1 Å². The molecule has 0 saturated carbocycles. The number of aryl methyl sites for hydroxylation is 1. The topological polar surface area (TPSA) is 56.8 Å². The summed E-state index contributed by atoms with van der Waals surface area (Å²) in [5, 5.41) is 3.38. The first-order chi connectivity index (χ1) is 13.1. The molecule has 2 aromatic rings. The molecule has 1 fully saturated rings. The van der Waals surface area contributed by atoms with Crippen LogP contribution >= 0.6 is 11.6 Å². The van der Waals surface area contributed by atoms with E-state index in [2.05, 4.69) is 5.32 Å². The number of carbonyl (C=O) groups is 1. The highest BCUT2D eigenvalue weighted by Crippen LogP contribution is 2.32. The van der Waals surface area contributed by atoms with Gasteiger partial charge in [-0.2, -0.15) is 0 Å². The summed E-state index contributed by atoms with van der Waals surface area (Å²) in [7, 11) is 0. The van der Waals surface area contributed by atoms with Crippen LogP contribution in [0.2, 0.25) is 5.02 Å². The van der Waals surface area contributed by atoms with Crippen LogP contribution in [-0.2, 0) is 14.3 Å². The Labute approximate surface area is 164 Å². The van der Waals surface area contributed by atoms with E-state index >= 15 is 0 Å². The lowest BCUT2D eigenvalue weighted by Crippen LogP contribution is -2.18. The minimum atomic E-state index is -0.154. The summed E-state index contributed by atoms with van der Waals surface area (Å²) in [5.41, 5.74) is 1.68. The van der Waals surface area contributed by atoms with Gasteiger partial charge in [-0.15, -0.1) is 0 Å². The van der Waals surface area contributed by atoms with Crippen molar-refractivity contribution < 1.29 is 19.0 Å². The molecule has 5 nitrogen and oxygen atoms in total. The Balaban J connectivity index is 1.53. The molecule has 1 N–H and O–H groups in total. The molecule has 0 bridgehead atoms. The van der Waals surface area contributed by atoms with Crippen molar-refractivity contribution in [1.29, 1.82) is 0 Å². The smallest absolute Gasteiger partial charge is 0.226 e. The van der Waals surface area contributed by atoms with Gasteiger partial charge < -0.3 is 19.5 Å². The Hall–Kier alpha value is -2.08. The second-order valence-electron chi connectivity index (χ2n) is 6.56. The summed E-state index contributed by atoms with van der Waals surface area (Å²) in [5.74, 6) is 1.08. The molecule has 1 amide bonds. The van der Waals surface area contributed by atoms with E-state index in [9.17, 15) is 4.79 Å². The van der Waals surface area contributed by atoms with Gasteiger partial charge in [-0.05, 0) is 50.1 Å². The zero-order valence-corrected chi connectivity index (χ0v) is 16.1. The first kappa shape index (κ1) is 19.7. The molecule has 0 aromatic heterocycles. The summed E-state index contributed by atoms with van der Waals surface area (Å²) in [6, 6.07) is 12.8. The lowest BCUT2D eigenvalue weighted by Gasteiger charge is -2.13. The van der Waals surface area contributed by atoms with Crippen LogP contribution < -0.4 is 10.1 Å². The van der Waals surface area contributed by atoms with Crippen molar-refractivity contribution in [2.75, 3.05) is 25.1 Å². The second-order valence-corrected chi connectivity index (χ2v) is 7.00.